The minimum absolute atomic E-state index is 0.0749. The van der Waals surface area contributed by atoms with Crippen molar-refractivity contribution in [3.63, 3.8) is 0 Å². The Hall–Kier alpha value is -1.59. The maximum absolute atomic E-state index is 11.6. The summed E-state index contributed by atoms with van der Waals surface area (Å²) in [5, 5.41) is 6.11. The lowest BCUT2D eigenvalue weighted by Gasteiger charge is -2.50. The zero-order valence-corrected chi connectivity index (χ0v) is 12.1. The molecule has 0 radical (unpaired) electrons. The Morgan fingerprint density at radius 3 is 2.76 bits per heavy atom. The monoisotopic (exact) mass is 290 g/mol. The molecular formula is C16H22N2O3. The summed E-state index contributed by atoms with van der Waals surface area (Å²) >= 11 is 0. The SMILES string of the molecule is O=C(NCC1CC2(CCNCC2)O1)OCc1ccccc1. The van der Waals surface area contributed by atoms with E-state index >= 15 is 0 Å². The van der Waals surface area contributed by atoms with Crippen LogP contribution in [-0.4, -0.2) is 37.4 Å². The van der Waals surface area contributed by atoms with Crippen molar-refractivity contribution in [3.8, 4) is 0 Å². The molecule has 1 amide bonds. The smallest absolute Gasteiger partial charge is 0.407 e. The zero-order chi connectivity index (χ0) is 14.5. The van der Waals surface area contributed by atoms with Gasteiger partial charge in [-0.25, -0.2) is 4.79 Å². The number of hydrogen-bond acceptors (Lipinski definition) is 4. The molecule has 2 aliphatic rings. The van der Waals surface area contributed by atoms with E-state index in [2.05, 4.69) is 10.6 Å². The molecule has 2 N–H and O–H groups in total. The number of benzene rings is 1. The summed E-state index contributed by atoms with van der Waals surface area (Å²) in [6, 6.07) is 9.66. The van der Waals surface area contributed by atoms with Gasteiger partial charge in [-0.15, -0.1) is 0 Å². The van der Waals surface area contributed by atoms with Crippen LogP contribution < -0.4 is 10.6 Å². The minimum atomic E-state index is -0.381. The van der Waals surface area contributed by atoms with Crippen molar-refractivity contribution < 1.29 is 14.3 Å². The van der Waals surface area contributed by atoms with Gasteiger partial charge in [0.05, 0.1) is 11.7 Å². The lowest BCUT2D eigenvalue weighted by molar-refractivity contribution is -0.214. The summed E-state index contributed by atoms with van der Waals surface area (Å²) in [6.45, 7) is 2.88. The van der Waals surface area contributed by atoms with Crippen LogP contribution in [0.2, 0.25) is 0 Å². The van der Waals surface area contributed by atoms with Crippen molar-refractivity contribution in [2.45, 2.75) is 37.6 Å². The summed E-state index contributed by atoms with van der Waals surface area (Å²) in [7, 11) is 0. The van der Waals surface area contributed by atoms with Crippen LogP contribution in [0, 0.1) is 0 Å². The van der Waals surface area contributed by atoms with Crippen molar-refractivity contribution in [2.24, 2.45) is 0 Å². The van der Waals surface area contributed by atoms with Crippen molar-refractivity contribution in [3.05, 3.63) is 35.9 Å². The van der Waals surface area contributed by atoms with E-state index < -0.39 is 0 Å². The van der Waals surface area contributed by atoms with E-state index in [4.69, 9.17) is 9.47 Å². The second-order valence-corrected chi connectivity index (χ2v) is 5.82. The molecule has 1 spiro atoms. The van der Waals surface area contributed by atoms with E-state index in [0.29, 0.717) is 13.2 Å². The number of rotatable bonds is 4. The molecule has 114 valence electrons. The highest BCUT2D eigenvalue weighted by molar-refractivity contribution is 5.67. The first-order chi connectivity index (χ1) is 10.3. The Kier molecular flexibility index (Phi) is 4.41. The first-order valence-corrected chi connectivity index (χ1v) is 7.59. The van der Waals surface area contributed by atoms with E-state index in [9.17, 15) is 4.79 Å². The van der Waals surface area contributed by atoms with Gasteiger partial charge in [-0.2, -0.15) is 0 Å². The molecule has 2 aliphatic heterocycles. The van der Waals surface area contributed by atoms with Crippen LogP contribution in [-0.2, 0) is 16.1 Å². The second-order valence-electron chi connectivity index (χ2n) is 5.82. The van der Waals surface area contributed by atoms with E-state index in [-0.39, 0.29) is 17.8 Å². The molecule has 1 unspecified atom stereocenters. The van der Waals surface area contributed by atoms with Gasteiger partial charge in [-0.1, -0.05) is 30.3 Å². The quantitative estimate of drug-likeness (QED) is 0.888. The summed E-state index contributed by atoms with van der Waals surface area (Å²) < 4.78 is 11.1. The van der Waals surface area contributed by atoms with E-state index in [1.165, 1.54) is 0 Å². The van der Waals surface area contributed by atoms with Crippen molar-refractivity contribution in [1.82, 2.24) is 10.6 Å². The predicted octanol–water partition coefficient (Wildman–Crippen LogP) is 1.82. The lowest BCUT2D eigenvalue weighted by Crippen LogP contribution is -2.58. The number of carbonyl (C=O) groups is 1. The molecule has 0 saturated carbocycles. The van der Waals surface area contributed by atoms with E-state index in [0.717, 1.165) is 37.9 Å². The number of nitrogens with one attached hydrogen (secondary N) is 2. The Morgan fingerprint density at radius 2 is 2.05 bits per heavy atom. The number of amides is 1. The molecule has 0 aliphatic carbocycles. The lowest BCUT2D eigenvalue weighted by atomic mass is 9.81. The molecule has 5 nitrogen and oxygen atoms in total. The van der Waals surface area contributed by atoms with Crippen LogP contribution in [0.4, 0.5) is 4.79 Å². The highest BCUT2D eigenvalue weighted by atomic mass is 16.6. The molecule has 2 fully saturated rings. The average molecular weight is 290 g/mol. The van der Waals surface area contributed by atoms with Crippen molar-refractivity contribution >= 4 is 6.09 Å². The first-order valence-electron chi connectivity index (χ1n) is 7.59. The third kappa shape index (κ3) is 3.74. The van der Waals surface area contributed by atoms with Crippen LogP contribution in [0.5, 0.6) is 0 Å². The number of alkyl carbamates (subject to hydrolysis) is 1. The molecule has 1 atom stereocenters. The standard InChI is InChI=1S/C16H22N2O3/c19-15(20-12-13-4-2-1-3-5-13)18-11-14-10-16(21-14)6-8-17-9-7-16/h1-5,14,17H,6-12H2,(H,18,19). The van der Waals surface area contributed by atoms with Gasteiger partial charge in [0.1, 0.15) is 6.61 Å². The third-order valence-electron chi connectivity index (χ3n) is 4.22. The van der Waals surface area contributed by atoms with Gasteiger partial charge in [-0.3, -0.25) is 0 Å². The Bertz CT molecular complexity index is 464. The molecular weight excluding hydrogens is 268 g/mol. The molecule has 2 saturated heterocycles. The van der Waals surface area contributed by atoms with Crippen molar-refractivity contribution in [1.29, 1.82) is 0 Å². The second kappa shape index (κ2) is 6.45. The summed E-state index contributed by atoms with van der Waals surface area (Å²) in [4.78, 5) is 11.6. The fourth-order valence-electron chi connectivity index (χ4n) is 3.05. The number of piperidine rings is 1. The molecule has 5 heteroatoms. The zero-order valence-electron chi connectivity index (χ0n) is 12.1. The van der Waals surface area contributed by atoms with Gasteiger partial charge in [0.25, 0.3) is 0 Å². The summed E-state index contributed by atoms with van der Waals surface area (Å²) in [6.07, 6.45) is 2.93. The average Bonchev–Trinajstić information content (AvgIpc) is 2.51. The Labute approximate surface area is 125 Å². The molecule has 2 heterocycles. The highest BCUT2D eigenvalue weighted by Crippen LogP contribution is 2.39. The molecule has 0 aromatic heterocycles. The van der Waals surface area contributed by atoms with Crippen LogP contribution in [0.25, 0.3) is 0 Å². The molecule has 3 rings (SSSR count). The number of carbonyl (C=O) groups excluding carboxylic acids is 1. The highest BCUT2D eigenvalue weighted by Gasteiger charge is 2.45. The number of hydrogen-bond donors (Lipinski definition) is 2. The largest absolute Gasteiger partial charge is 0.445 e. The molecule has 1 aromatic carbocycles. The topological polar surface area (TPSA) is 59.6 Å². The predicted molar refractivity (Wildman–Crippen MR) is 79.0 cm³/mol. The molecule has 21 heavy (non-hydrogen) atoms. The van der Waals surface area contributed by atoms with Gasteiger partial charge in [0.15, 0.2) is 0 Å². The fraction of sp³-hybridized carbons (Fsp3) is 0.562. The summed E-state index contributed by atoms with van der Waals surface area (Å²) in [5.41, 5.74) is 1.06. The normalized spacial score (nSPS) is 23.3. The van der Waals surface area contributed by atoms with Gasteiger partial charge in [0.2, 0.25) is 0 Å². The van der Waals surface area contributed by atoms with Crippen LogP contribution >= 0.6 is 0 Å². The van der Waals surface area contributed by atoms with Crippen molar-refractivity contribution in [2.75, 3.05) is 19.6 Å². The van der Waals surface area contributed by atoms with E-state index in [1.54, 1.807) is 0 Å². The molecule has 1 aromatic rings. The first kappa shape index (κ1) is 14.4. The summed E-state index contributed by atoms with van der Waals surface area (Å²) in [5.74, 6) is 0. The van der Waals surface area contributed by atoms with Crippen LogP contribution in [0.3, 0.4) is 0 Å². The Balaban J connectivity index is 1.32. The third-order valence-corrected chi connectivity index (χ3v) is 4.22. The molecule has 0 bridgehead atoms. The van der Waals surface area contributed by atoms with Gasteiger partial charge >= 0.3 is 6.09 Å². The van der Waals surface area contributed by atoms with E-state index in [1.807, 2.05) is 30.3 Å². The maximum atomic E-state index is 11.6. The minimum Gasteiger partial charge on any atom is -0.445 e. The van der Waals surface area contributed by atoms with Gasteiger partial charge in [-0.05, 0) is 31.5 Å². The van der Waals surface area contributed by atoms with Crippen LogP contribution in [0.15, 0.2) is 30.3 Å². The van der Waals surface area contributed by atoms with Crippen LogP contribution in [0.1, 0.15) is 24.8 Å². The fourth-order valence-corrected chi connectivity index (χ4v) is 3.05. The maximum Gasteiger partial charge on any atom is 0.407 e. The van der Waals surface area contributed by atoms with Gasteiger partial charge in [0, 0.05) is 13.0 Å². The number of ether oxygens (including phenoxy) is 2. The Morgan fingerprint density at radius 1 is 1.33 bits per heavy atom. The van der Waals surface area contributed by atoms with Gasteiger partial charge < -0.3 is 20.1 Å².